The van der Waals surface area contributed by atoms with E-state index in [4.69, 9.17) is 0 Å². The zero-order chi connectivity index (χ0) is 20.1. The number of benzene rings is 1. The summed E-state index contributed by atoms with van der Waals surface area (Å²) in [4.78, 5) is 20.8. The van der Waals surface area contributed by atoms with Crippen molar-refractivity contribution in [3.63, 3.8) is 0 Å². The Hall–Kier alpha value is -3.16. The van der Waals surface area contributed by atoms with Gasteiger partial charge in [0.15, 0.2) is 5.82 Å². The Morgan fingerprint density at radius 3 is 2.50 bits per heavy atom. The Labute approximate surface area is 163 Å². The summed E-state index contributed by atoms with van der Waals surface area (Å²) in [5.74, 6) is -1.31. The van der Waals surface area contributed by atoms with Gasteiger partial charge in [-0.1, -0.05) is 42.8 Å². The molecule has 0 amide bonds. The molecule has 3 aromatic rings. The number of carboxylic acids is 1. The van der Waals surface area contributed by atoms with Crippen molar-refractivity contribution in [2.45, 2.75) is 46.0 Å². The summed E-state index contributed by atoms with van der Waals surface area (Å²) in [6.07, 6.45) is 3.62. The van der Waals surface area contributed by atoms with Crippen LogP contribution in [0.2, 0.25) is 0 Å². The van der Waals surface area contributed by atoms with Crippen LogP contribution in [-0.4, -0.2) is 41.7 Å². The van der Waals surface area contributed by atoms with Gasteiger partial charge in [-0.25, -0.2) is 4.98 Å². The number of aliphatic carboxylic acids is 1. The fourth-order valence-electron chi connectivity index (χ4n) is 3.29. The van der Waals surface area contributed by atoms with Crippen LogP contribution in [0.3, 0.4) is 0 Å². The molecule has 8 nitrogen and oxygen atoms in total. The van der Waals surface area contributed by atoms with Crippen LogP contribution < -0.4 is 0 Å². The number of aromatic nitrogens is 6. The van der Waals surface area contributed by atoms with E-state index in [0.717, 1.165) is 34.6 Å². The number of hydrogen-bond donors (Lipinski definition) is 2. The van der Waals surface area contributed by atoms with Gasteiger partial charge in [-0.05, 0) is 32.3 Å². The lowest BCUT2D eigenvalue weighted by atomic mass is 9.83. The molecule has 0 aliphatic rings. The highest BCUT2D eigenvalue weighted by atomic mass is 16.4. The third-order valence-corrected chi connectivity index (χ3v) is 4.99. The van der Waals surface area contributed by atoms with Gasteiger partial charge >= 0.3 is 5.97 Å². The second kappa shape index (κ2) is 8.69. The minimum Gasteiger partial charge on any atom is -0.481 e. The molecule has 2 aromatic heterocycles. The highest BCUT2D eigenvalue weighted by molar-refractivity contribution is 5.71. The van der Waals surface area contributed by atoms with Crippen molar-refractivity contribution >= 4 is 5.97 Å². The van der Waals surface area contributed by atoms with Crippen LogP contribution in [0.25, 0.3) is 11.3 Å². The van der Waals surface area contributed by atoms with E-state index in [-0.39, 0.29) is 5.92 Å². The van der Waals surface area contributed by atoms with Gasteiger partial charge in [0, 0.05) is 11.5 Å². The SMILES string of the molecule is CCCC(C(=O)O)C(Cc1ccc(-c2cnc(C)c(C)n2)cc1)c1nn[nH]n1. The molecule has 28 heavy (non-hydrogen) atoms. The highest BCUT2D eigenvalue weighted by Gasteiger charge is 2.31. The number of carbonyl (C=O) groups is 1. The first-order valence-corrected chi connectivity index (χ1v) is 9.35. The van der Waals surface area contributed by atoms with Crippen molar-refractivity contribution in [3.8, 4) is 11.3 Å². The largest absolute Gasteiger partial charge is 0.481 e. The van der Waals surface area contributed by atoms with Gasteiger partial charge in [0.25, 0.3) is 0 Å². The quantitative estimate of drug-likeness (QED) is 0.616. The third kappa shape index (κ3) is 4.39. The van der Waals surface area contributed by atoms with E-state index in [1.54, 1.807) is 6.20 Å². The number of tetrazole rings is 1. The average molecular weight is 380 g/mol. The number of nitrogens with zero attached hydrogens (tertiary/aromatic N) is 5. The molecule has 2 N–H and O–H groups in total. The molecule has 0 fully saturated rings. The Balaban J connectivity index is 1.85. The zero-order valence-electron chi connectivity index (χ0n) is 16.3. The number of hydrogen-bond acceptors (Lipinski definition) is 6. The molecule has 0 aliphatic heterocycles. The number of aromatic amines is 1. The minimum atomic E-state index is -0.835. The molecule has 2 unspecified atom stereocenters. The predicted octanol–water partition coefficient (Wildman–Crippen LogP) is 3.10. The van der Waals surface area contributed by atoms with Crippen LogP contribution in [0.15, 0.2) is 30.5 Å². The van der Waals surface area contributed by atoms with E-state index in [1.165, 1.54) is 0 Å². The first kappa shape index (κ1) is 19.6. The molecule has 0 aliphatic carbocycles. The van der Waals surface area contributed by atoms with Crippen LogP contribution in [-0.2, 0) is 11.2 Å². The topological polar surface area (TPSA) is 118 Å². The second-order valence-corrected chi connectivity index (χ2v) is 6.94. The van der Waals surface area contributed by atoms with E-state index >= 15 is 0 Å². The van der Waals surface area contributed by atoms with E-state index < -0.39 is 11.9 Å². The predicted molar refractivity (Wildman–Crippen MR) is 104 cm³/mol. The Bertz CT molecular complexity index is 924. The standard InChI is InChI=1S/C20H24N6O2/c1-4-5-16(20(27)28)17(19-23-25-26-24-19)10-14-6-8-15(9-7-14)18-11-21-12(2)13(3)22-18/h6-9,11,16-17H,4-5,10H2,1-3H3,(H,27,28)(H,23,24,25,26). The van der Waals surface area contributed by atoms with Crippen molar-refractivity contribution in [2.24, 2.45) is 5.92 Å². The molecule has 0 bridgehead atoms. The van der Waals surface area contributed by atoms with Crippen molar-refractivity contribution in [1.29, 1.82) is 0 Å². The maximum atomic E-state index is 11.8. The van der Waals surface area contributed by atoms with Gasteiger partial charge in [-0.15, -0.1) is 10.2 Å². The monoisotopic (exact) mass is 380 g/mol. The van der Waals surface area contributed by atoms with Gasteiger partial charge in [0.05, 0.1) is 29.2 Å². The normalized spacial score (nSPS) is 13.2. The Kier molecular flexibility index (Phi) is 6.08. The number of H-pyrrole nitrogens is 1. The second-order valence-electron chi connectivity index (χ2n) is 6.94. The van der Waals surface area contributed by atoms with Crippen molar-refractivity contribution in [2.75, 3.05) is 0 Å². The Morgan fingerprint density at radius 2 is 1.93 bits per heavy atom. The molecule has 0 saturated heterocycles. The van der Waals surface area contributed by atoms with E-state index in [1.807, 2.05) is 45.0 Å². The first-order chi connectivity index (χ1) is 13.5. The van der Waals surface area contributed by atoms with Gasteiger partial charge in [-0.2, -0.15) is 5.21 Å². The average Bonchev–Trinajstić information content (AvgIpc) is 3.21. The maximum absolute atomic E-state index is 11.8. The lowest BCUT2D eigenvalue weighted by Gasteiger charge is -2.21. The van der Waals surface area contributed by atoms with E-state index in [0.29, 0.717) is 18.7 Å². The third-order valence-electron chi connectivity index (χ3n) is 4.99. The molecular formula is C20H24N6O2. The molecule has 1 aromatic carbocycles. The molecule has 8 heteroatoms. The zero-order valence-corrected chi connectivity index (χ0v) is 16.3. The molecule has 146 valence electrons. The number of aryl methyl sites for hydroxylation is 2. The molecule has 3 rings (SSSR count). The van der Waals surface area contributed by atoms with Crippen molar-refractivity contribution < 1.29 is 9.90 Å². The Morgan fingerprint density at radius 1 is 1.18 bits per heavy atom. The van der Waals surface area contributed by atoms with Crippen LogP contribution in [0.5, 0.6) is 0 Å². The van der Waals surface area contributed by atoms with E-state index in [2.05, 4.69) is 30.6 Å². The van der Waals surface area contributed by atoms with Crippen molar-refractivity contribution in [1.82, 2.24) is 30.6 Å². The number of rotatable bonds is 8. The summed E-state index contributed by atoms with van der Waals surface area (Å²) < 4.78 is 0. The maximum Gasteiger partial charge on any atom is 0.307 e. The van der Waals surface area contributed by atoms with Gasteiger partial charge in [0.1, 0.15) is 0 Å². The van der Waals surface area contributed by atoms with Crippen molar-refractivity contribution in [3.05, 3.63) is 53.2 Å². The summed E-state index contributed by atoms with van der Waals surface area (Å²) in [7, 11) is 0. The molecule has 0 radical (unpaired) electrons. The van der Waals surface area contributed by atoms with Crippen LogP contribution in [0.4, 0.5) is 0 Å². The molecule has 0 saturated carbocycles. The lowest BCUT2D eigenvalue weighted by Crippen LogP contribution is -2.25. The lowest BCUT2D eigenvalue weighted by molar-refractivity contribution is -0.142. The molecule has 0 spiro atoms. The molecule has 2 atom stereocenters. The molecule has 2 heterocycles. The van der Waals surface area contributed by atoms with E-state index in [9.17, 15) is 9.90 Å². The minimum absolute atomic E-state index is 0.344. The number of nitrogens with one attached hydrogen (secondary N) is 1. The van der Waals surface area contributed by atoms with Gasteiger partial charge in [0.2, 0.25) is 0 Å². The fourth-order valence-corrected chi connectivity index (χ4v) is 3.29. The number of carboxylic acid groups (broad SMARTS) is 1. The fraction of sp³-hybridized carbons (Fsp3) is 0.400. The van der Waals surface area contributed by atoms with Crippen LogP contribution in [0.1, 0.15) is 48.5 Å². The molecular weight excluding hydrogens is 356 g/mol. The van der Waals surface area contributed by atoms with Gasteiger partial charge in [-0.3, -0.25) is 9.78 Å². The summed E-state index contributed by atoms with van der Waals surface area (Å²) >= 11 is 0. The van der Waals surface area contributed by atoms with Gasteiger partial charge < -0.3 is 5.11 Å². The summed E-state index contributed by atoms with van der Waals surface area (Å²) in [5, 5.41) is 23.8. The smallest absolute Gasteiger partial charge is 0.307 e. The summed E-state index contributed by atoms with van der Waals surface area (Å²) in [6, 6.07) is 7.95. The first-order valence-electron chi connectivity index (χ1n) is 9.35. The summed E-state index contributed by atoms with van der Waals surface area (Å²) in [6.45, 7) is 5.85. The van der Waals surface area contributed by atoms with Crippen LogP contribution >= 0.6 is 0 Å². The van der Waals surface area contributed by atoms with Crippen LogP contribution in [0, 0.1) is 19.8 Å². The summed E-state index contributed by atoms with van der Waals surface area (Å²) in [5.41, 5.74) is 4.62. The highest BCUT2D eigenvalue weighted by Crippen LogP contribution is 2.30.